The summed E-state index contributed by atoms with van der Waals surface area (Å²) in [5.41, 5.74) is -0.0917. The Balaban J connectivity index is 3.14. The average Bonchev–Trinajstić information content (AvgIpc) is 2.16. The lowest BCUT2D eigenvalue weighted by molar-refractivity contribution is 0.0958. The fourth-order valence-corrected chi connectivity index (χ4v) is 1.07. The van der Waals surface area contributed by atoms with E-state index in [0.29, 0.717) is 0 Å². The lowest BCUT2D eigenvalue weighted by atomic mass is 10.1. The molecule has 0 radical (unpaired) electrons. The summed E-state index contributed by atoms with van der Waals surface area (Å²) in [5.74, 6) is -1.31. The Kier molecular flexibility index (Phi) is 3.19. The van der Waals surface area contributed by atoms with E-state index in [1.165, 1.54) is 19.2 Å². The molecule has 0 saturated carbocycles. The van der Waals surface area contributed by atoms with Crippen molar-refractivity contribution in [1.29, 1.82) is 0 Å². The van der Waals surface area contributed by atoms with Gasteiger partial charge in [-0.25, -0.2) is 4.39 Å². The molecule has 0 heterocycles. The van der Waals surface area contributed by atoms with Crippen LogP contribution in [0.15, 0.2) is 18.2 Å². The second kappa shape index (κ2) is 4.19. The van der Waals surface area contributed by atoms with E-state index in [0.717, 1.165) is 6.07 Å². The van der Waals surface area contributed by atoms with Crippen molar-refractivity contribution in [2.24, 2.45) is 0 Å². The van der Waals surface area contributed by atoms with Gasteiger partial charge in [0.25, 0.3) is 11.1 Å². The van der Waals surface area contributed by atoms with Crippen molar-refractivity contribution in [3.8, 4) is 0 Å². The standard InChI is InChI=1S/C9H7ClFNO2/c1-12-9(14)6-3-2-5(8(10)13)4-7(6)11/h2-4H,1H3,(H,12,14). The normalized spacial score (nSPS) is 9.64. The summed E-state index contributed by atoms with van der Waals surface area (Å²) in [6.07, 6.45) is 0. The van der Waals surface area contributed by atoms with Crippen molar-refractivity contribution in [2.75, 3.05) is 7.05 Å². The van der Waals surface area contributed by atoms with Crippen molar-refractivity contribution >= 4 is 22.8 Å². The van der Waals surface area contributed by atoms with Crippen LogP contribution in [0.25, 0.3) is 0 Å². The van der Waals surface area contributed by atoms with E-state index < -0.39 is 17.0 Å². The van der Waals surface area contributed by atoms with Gasteiger partial charge in [0.05, 0.1) is 5.56 Å². The highest BCUT2D eigenvalue weighted by Crippen LogP contribution is 2.12. The van der Waals surface area contributed by atoms with E-state index in [2.05, 4.69) is 5.32 Å². The minimum absolute atomic E-state index is 0.0248. The first-order valence-corrected chi connectivity index (χ1v) is 4.15. The van der Waals surface area contributed by atoms with Crippen LogP contribution < -0.4 is 5.32 Å². The molecule has 5 heteroatoms. The number of rotatable bonds is 2. The van der Waals surface area contributed by atoms with Gasteiger partial charge in [-0.1, -0.05) is 0 Å². The van der Waals surface area contributed by atoms with Crippen molar-refractivity contribution in [1.82, 2.24) is 5.32 Å². The lowest BCUT2D eigenvalue weighted by Crippen LogP contribution is -2.19. The maximum atomic E-state index is 13.2. The first-order chi connectivity index (χ1) is 6.56. The van der Waals surface area contributed by atoms with Crippen LogP contribution >= 0.6 is 11.6 Å². The van der Waals surface area contributed by atoms with Gasteiger partial charge in [-0.15, -0.1) is 0 Å². The van der Waals surface area contributed by atoms with Crippen molar-refractivity contribution in [3.63, 3.8) is 0 Å². The number of nitrogens with one attached hydrogen (secondary N) is 1. The zero-order chi connectivity index (χ0) is 10.7. The van der Waals surface area contributed by atoms with Crippen LogP contribution in [-0.2, 0) is 0 Å². The number of amides is 1. The summed E-state index contributed by atoms with van der Waals surface area (Å²) in [5, 5.41) is 1.52. The summed E-state index contributed by atoms with van der Waals surface area (Å²) in [6.45, 7) is 0. The second-order valence-corrected chi connectivity index (χ2v) is 2.89. The molecule has 0 bridgehead atoms. The Morgan fingerprint density at radius 1 is 1.43 bits per heavy atom. The molecule has 0 aliphatic carbocycles. The Labute approximate surface area is 84.9 Å². The Morgan fingerprint density at radius 3 is 2.50 bits per heavy atom. The molecule has 0 aliphatic rings. The minimum Gasteiger partial charge on any atom is -0.355 e. The fraction of sp³-hybridized carbons (Fsp3) is 0.111. The number of halogens is 2. The third-order valence-corrected chi connectivity index (χ3v) is 1.89. The molecular weight excluding hydrogens is 209 g/mol. The van der Waals surface area contributed by atoms with Crippen molar-refractivity contribution < 1.29 is 14.0 Å². The molecule has 14 heavy (non-hydrogen) atoms. The van der Waals surface area contributed by atoms with Gasteiger partial charge < -0.3 is 5.32 Å². The number of benzene rings is 1. The quantitative estimate of drug-likeness (QED) is 0.762. The first-order valence-electron chi connectivity index (χ1n) is 3.77. The fourth-order valence-electron chi connectivity index (χ4n) is 0.956. The number of carbonyl (C=O) groups excluding carboxylic acids is 2. The monoisotopic (exact) mass is 215 g/mol. The van der Waals surface area contributed by atoms with Crippen molar-refractivity contribution in [3.05, 3.63) is 35.1 Å². The maximum absolute atomic E-state index is 13.2. The molecule has 0 aromatic heterocycles. The van der Waals surface area contributed by atoms with Gasteiger partial charge in [-0.05, 0) is 29.8 Å². The third kappa shape index (κ3) is 2.09. The molecule has 1 aromatic carbocycles. The summed E-state index contributed by atoms with van der Waals surface area (Å²) in [7, 11) is 1.39. The van der Waals surface area contributed by atoms with Crippen LogP contribution in [-0.4, -0.2) is 18.2 Å². The van der Waals surface area contributed by atoms with E-state index in [1.807, 2.05) is 0 Å². The minimum atomic E-state index is -0.768. The Bertz CT molecular complexity index is 392. The number of carbonyl (C=O) groups is 2. The maximum Gasteiger partial charge on any atom is 0.253 e. The van der Waals surface area contributed by atoms with E-state index in [4.69, 9.17) is 11.6 Å². The molecule has 0 atom stereocenters. The molecule has 1 aromatic rings. The van der Waals surface area contributed by atoms with Gasteiger partial charge in [-0.3, -0.25) is 9.59 Å². The van der Waals surface area contributed by atoms with E-state index in [-0.39, 0.29) is 11.1 Å². The van der Waals surface area contributed by atoms with Crippen LogP contribution in [0.3, 0.4) is 0 Å². The van der Waals surface area contributed by atoms with E-state index >= 15 is 0 Å². The van der Waals surface area contributed by atoms with Crippen LogP contribution in [0.4, 0.5) is 4.39 Å². The van der Waals surface area contributed by atoms with Crippen LogP contribution in [0, 0.1) is 5.82 Å². The smallest absolute Gasteiger partial charge is 0.253 e. The van der Waals surface area contributed by atoms with Gasteiger partial charge >= 0.3 is 0 Å². The highest BCUT2D eigenvalue weighted by molar-refractivity contribution is 6.67. The summed E-state index contributed by atoms with van der Waals surface area (Å²) in [4.78, 5) is 21.7. The van der Waals surface area contributed by atoms with Gasteiger partial charge in [0, 0.05) is 12.6 Å². The summed E-state index contributed by atoms with van der Waals surface area (Å²) < 4.78 is 13.2. The highest BCUT2D eigenvalue weighted by Gasteiger charge is 2.12. The molecule has 1 rings (SSSR count). The van der Waals surface area contributed by atoms with Crippen LogP contribution in [0.2, 0.25) is 0 Å². The third-order valence-electron chi connectivity index (χ3n) is 1.67. The van der Waals surface area contributed by atoms with E-state index in [1.54, 1.807) is 0 Å². The molecule has 3 nitrogen and oxygen atoms in total. The summed E-state index contributed by atoms with van der Waals surface area (Å²) >= 11 is 5.13. The first kappa shape index (κ1) is 10.7. The molecule has 1 amide bonds. The van der Waals surface area contributed by atoms with Crippen molar-refractivity contribution in [2.45, 2.75) is 0 Å². The molecule has 1 N–H and O–H groups in total. The van der Waals surface area contributed by atoms with E-state index in [9.17, 15) is 14.0 Å². The Hall–Kier alpha value is -1.42. The lowest BCUT2D eigenvalue weighted by Gasteiger charge is -2.02. The molecule has 0 unspecified atom stereocenters. The highest BCUT2D eigenvalue weighted by atomic mass is 35.5. The van der Waals surface area contributed by atoms with Crippen LogP contribution in [0.5, 0.6) is 0 Å². The molecule has 74 valence electrons. The number of hydrogen-bond donors (Lipinski definition) is 1. The molecule has 0 fully saturated rings. The SMILES string of the molecule is CNC(=O)c1ccc(C(=O)Cl)cc1F. The molecule has 0 spiro atoms. The molecule has 0 saturated heterocycles. The predicted molar refractivity (Wildman–Crippen MR) is 50.0 cm³/mol. The summed E-state index contributed by atoms with van der Waals surface area (Å²) in [6, 6.07) is 3.44. The topological polar surface area (TPSA) is 46.2 Å². The average molecular weight is 216 g/mol. The largest absolute Gasteiger partial charge is 0.355 e. The molecular formula is C9H7ClFNO2. The van der Waals surface area contributed by atoms with Gasteiger partial charge in [0.15, 0.2) is 0 Å². The van der Waals surface area contributed by atoms with Gasteiger partial charge in [0.2, 0.25) is 0 Å². The zero-order valence-electron chi connectivity index (χ0n) is 7.30. The predicted octanol–water partition coefficient (Wildman–Crippen LogP) is 1.56. The van der Waals surface area contributed by atoms with Gasteiger partial charge in [-0.2, -0.15) is 0 Å². The van der Waals surface area contributed by atoms with Crippen LogP contribution in [0.1, 0.15) is 20.7 Å². The second-order valence-electron chi connectivity index (χ2n) is 2.55. The number of hydrogen-bond acceptors (Lipinski definition) is 2. The Morgan fingerprint density at radius 2 is 2.07 bits per heavy atom. The van der Waals surface area contributed by atoms with Gasteiger partial charge in [0.1, 0.15) is 5.82 Å². The molecule has 0 aliphatic heterocycles. The zero-order valence-corrected chi connectivity index (χ0v) is 8.06.